The van der Waals surface area contributed by atoms with Crippen molar-refractivity contribution in [1.29, 1.82) is 0 Å². The van der Waals surface area contributed by atoms with E-state index in [9.17, 15) is 13.2 Å². The zero-order chi connectivity index (χ0) is 20.7. The van der Waals surface area contributed by atoms with Crippen molar-refractivity contribution in [1.82, 2.24) is 9.97 Å². The molecule has 1 aromatic heterocycles. The molecule has 2 heterocycles. The SMILES string of the molecule is NC(=O)C1(S(=O)(=O)c2ccc(OCCCOc3cncnc3)cc2)CCOCC1. The third-order valence-corrected chi connectivity index (χ3v) is 7.29. The van der Waals surface area contributed by atoms with Gasteiger partial charge in [0.1, 0.15) is 12.1 Å². The van der Waals surface area contributed by atoms with E-state index >= 15 is 0 Å². The average Bonchev–Trinajstić information content (AvgIpc) is 2.75. The summed E-state index contributed by atoms with van der Waals surface area (Å²) in [4.78, 5) is 19.8. The number of ether oxygens (including phenoxy) is 3. The Bertz CT molecular complexity index is 913. The number of carbonyl (C=O) groups excluding carboxylic acids is 1. The van der Waals surface area contributed by atoms with Crippen LogP contribution in [-0.4, -0.2) is 55.5 Å². The number of carbonyl (C=O) groups is 1. The van der Waals surface area contributed by atoms with Gasteiger partial charge in [-0.05, 0) is 37.1 Å². The Kier molecular flexibility index (Phi) is 6.65. The molecule has 1 aliphatic rings. The summed E-state index contributed by atoms with van der Waals surface area (Å²) in [5.41, 5.74) is 5.47. The minimum absolute atomic E-state index is 0.0398. The number of aromatic nitrogens is 2. The molecule has 29 heavy (non-hydrogen) atoms. The van der Waals surface area contributed by atoms with Crippen molar-refractivity contribution in [3.05, 3.63) is 43.0 Å². The second-order valence-electron chi connectivity index (χ2n) is 6.57. The molecule has 156 valence electrons. The molecule has 9 nitrogen and oxygen atoms in total. The average molecular weight is 421 g/mol. The van der Waals surface area contributed by atoms with E-state index in [1.54, 1.807) is 24.5 Å². The maximum absolute atomic E-state index is 13.1. The number of amides is 1. The summed E-state index contributed by atoms with van der Waals surface area (Å²) < 4.78 is 40.8. The lowest BCUT2D eigenvalue weighted by Crippen LogP contribution is -2.53. The Morgan fingerprint density at radius 1 is 1.03 bits per heavy atom. The van der Waals surface area contributed by atoms with Gasteiger partial charge in [-0.15, -0.1) is 0 Å². The summed E-state index contributed by atoms with van der Waals surface area (Å²) in [5, 5.41) is 0. The normalized spacial score (nSPS) is 16.1. The van der Waals surface area contributed by atoms with Crippen molar-refractivity contribution in [2.24, 2.45) is 5.73 Å². The Labute approximate surface area is 169 Å². The second-order valence-corrected chi connectivity index (χ2v) is 8.83. The first-order chi connectivity index (χ1) is 14.0. The van der Waals surface area contributed by atoms with Crippen LogP contribution in [0.4, 0.5) is 0 Å². The second kappa shape index (κ2) is 9.19. The first-order valence-corrected chi connectivity index (χ1v) is 10.7. The van der Waals surface area contributed by atoms with Crippen LogP contribution in [0.25, 0.3) is 0 Å². The van der Waals surface area contributed by atoms with Gasteiger partial charge in [-0.1, -0.05) is 0 Å². The van der Waals surface area contributed by atoms with Gasteiger partial charge in [-0.2, -0.15) is 0 Å². The highest BCUT2D eigenvalue weighted by molar-refractivity contribution is 7.93. The Morgan fingerprint density at radius 3 is 2.21 bits per heavy atom. The van der Waals surface area contributed by atoms with Crippen molar-refractivity contribution >= 4 is 15.7 Å². The van der Waals surface area contributed by atoms with Gasteiger partial charge in [-0.3, -0.25) is 4.79 Å². The molecular weight excluding hydrogens is 398 g/mol. The molecule has 0 spiro atoms. The largest absolute Gasteiger partial charge is 0.493 e. The van der Waals surface area contributed by atoms with Gasteiger partial charge in [0.15, 0.2) is 20.3 Å². The van der Waals surface area contributed by atoms with E-state index in [2.05, 4.69) is 9.97 Å². The van der Waals surface area contributed by atoms with Gasteiger partial charge in [0.25, 0.3) is 0 Å². The quantitative estimate of drug-likeness (QED) is 0.596. The number of benzene rings is 1. The van der Waals surface area contributed by atoms with Crippen LogP contribution in [-0.2, 0) is 19.4 Å². The van der Waals surface area contributed by atoms with Gasteiger partial charge in [0, 0.05) is 19.6 Å². The molecule has 2 aromatic rings. The fourth-order valence-electron chi connectivity index (χ4n) is 3.09. The fraction of sp³-hybridized carbons (Fsp3) is 0.421. The number of nitrogens with zero attached hydrogens (tertiary/aromatic N) is 2. The lowest BCUT2D eigenvalue weighted by molar-refractivity contribution is -0.122. The van der Waals surface area contributed by atoms with E-state index in [0.717, 1.165) is 0 Å². The first-order valence-electron chi connectivity index (χ1n) is 9.19. The van der Waals surface area contributed by atoms with Crippen LogP contribution in [0, 0.1) is 0 Å². The molecule has 1 amide bonds. The highest BCUT2D eigenvalue weighted by atomic mass is 32.2. The summed E-state index contributed by atoms with van der Waals surface area (Å²) in [6.07, 6.45) is 5.30. The first kappa shape index (κ1) is 21.0. The van der Waals surface area contributed by atoms with E-state index in [-0.39, 0.29) is 31.0 Å². The van der Waals surface area contributed by atoms with Crippen LogP contribution >= 0.6 is 0 Å². The monoisotopic (exact) mass is 421 g/mol. The van der Waals surface area contributed by atoms with Crippen molar-refractivity contribution in [3.63, 3.8) is 0 Å². The maximum Gasteiger partial charge on any atom is 0.239 e. The van der Waals surface area contributed by atoms with E-state index in [1.807, 2.05) is 0 Å². The Morgan fingerprint density at radius 2 is 1.62 bits per heavy atom. The fourth-order valence-corrected chi connectivity index (χ4v) is 5.00. The topological polar surface area (TPSA) is 131 Å². The number of hydrogen-bond acceptors (Lipinski definition) is 8. The molecule has 0 saturated carbocycles. The number of rotatable bonds is 9. The predicted molar refractivity (Wildman–Crippen MR) is 103 cm³/mol. The molecular formula is C19H23N3O6S. The summed E-state index contributed by atoms with van der Waals surface area (Å²) in [5.74, 6) is 0.260. The minimum Gasteiger partial charge on any atom is -0.493 e. The van der Waals surface area contributed by atoms with E-state index in [1.165, 1.54) is 18.5 Å². The lowest BCUT2D eigenvalue weighted by atomic mass is 9.98. The number of nitrogens with two attached hydrogens (primary N) is 1. The molecule has 0 radical (unpaired) electrons. The van der Waals surface area contributed by atoms with Crippen LogP contribution in [0.3, 0.4) is 0 Å². The van der Waals surface area contributed by atoms with E-state index in [0.29, 0.717) is 31.1 Å². The standard InChI is InChI=1S/C19H23N3O6S/c20-18(23)19(6-10-26-11-7-19)29(24,25)17-4-2-15(3-5-17)27-8-1-9-28-16-12-21-14-22-13-16/h2-5,12-14H,1,6-11H2,(H2,20,23). The highest BCUT2D eigenvalue weighted by Gasteiger charge is 2.51. The lowest BCUT2D eigenvalue weighted by Gasteiger charge is -2.33. The Balaban J connectivity index is 1.57. The molecule has 0 aliphatic carbocycles. The summed E-state index contributed by atoms with van der Waals surface area (Å²) in [6, 6.07) is 5.99. The molecule has 10 heteroatoms. The van der Waals surface area contributed by atoms with Crippen molar-refractivity contribution < 1.29 is 27.4 Å². The van der Waals surface area contributed by atoms with Gasteiger partial charge >= 0.3 is 0 Å². The van der Waals surface area contributed by atoms with Gasteiger partial charge < -0.3 is 19.9 Å². The predicted octanol–water partition coefficient (Wildman–Crippen LogP) is 1.13. The van der Waals surface area contributed by atoms with Crippen LogP contribution in [0.15, 0.2) is 47.9 Å². The summed E-state index contributed by atoms with van der Waals surface area (Å²) in [6.45, 7) is 1.19. The minimum atomic E-state index is -3.94. The zero-order valence-corrected chi connectivity index (χ0v) is 16.6. The van der Waals surface area contributed by atoms with Crippen molar-refractivity contribution in [2.75, 3.05) is 26.4 Å². The summed E-state index contributed by atoms with van der Waals surface area (Å²) >= 11 is 0. The third-order valence-electron chi connectivity index (χ3n) is 4.76. The molecule has 1 aliphatic heterocycles. The van der Waals surface area contributed by atoms with Crippen LogP contribution in [0.1, 0.15) is 19.3 Å². The molecule has 1 aromatic carbocycles. The number of hydrogen-bond donors (Lipinski definition) is 1. The molecule has 1 saturated heterocycles. The Hall–Kier alpha value is -2.72. The third kappa shape index (κ3) is 4.65. The maximum atomic E-state index is 13.1. The molecule has 0 atom stereocenters. The van der Waals surface area contributed by atoms with E-state index in [4.69, 9.17) is 19.9 Å². The number of primary amides is 1. The molecule has 3 rings (SSSR count). The molecule has 0 bridgehead atoms. The zero-order valence-electron chi connectivity index (χ0n) is 15.8. The van der Waals surface area contributed by atoms with E-state index < -0.39 is 20.5 Å². The smallest absolute Gasteiger partial charge is 0.239 e. The van der Waals surface area contributed by atoms with Crippen molar-refractivity contribution in [2.45, 2.75) is 28.9 Å². The van der Waals surface area contributed by atoms with Gasteiger partial charge in [0.05, 0.1) is 30.5 Å². The van der Waals surface area contributed by atoms with Crippen LogP contribution < -0.4 is 15.2 Å². The van der Waals surface area contributed by atoms with Crippen molar-refractivity contribution in [3.8, 4) is 11.5 Å². The van der Waals surface area contributed by atoms with Crippen LogP contribution in [0.5, 0.6) is 11.5 Å². The highest BCUT2D eigenvalue weighted by Crippen LogP contribution is 2.35. The molecule has 2 N–H and O–H groups in total. The number of sulfone groups is 1. The molecule has 1 fully saturated rings. The van der Waals surface area contributed by atoms with Crippen LogP contribution in [0.2, 0.25) is 0 Å². The summed E-state index contributed by atoms with van der Waals surface area (Å²) in [7, 11) is -3.94. The molecule has 0 unspecified atom stereocenters. The van der Waals surface area contributed by atoms with Gasteiger partial charge in [-0.25, -0.2) is 18.4 Å². The van der Waals surface area contributed by atoms with Gasteiger partial charge in [0.2, 0.25) is 5.91 Å².